The van der Waals surface area contributed by atoms with Gasteiger partial charge in [0, 0.05) is 0 Å². The van der Waals surface area contributed by atoms with Crippen LogP contribution in [-0.2, 0) is 0 Å². The Hall–Kier alpha value is -1.49. The van der Waals surface area contributed by atoms with Crippen LogP contribution in [0.25, 0.3) is 0 Å². The van der Waals surface area contributed by atoms with E-state index in [-0.39, 0.29) is 0 Å². The minimum atomic E-state index is -1.46. The van der Waals surface area contributed by atoms with E-state index in [1.54, 1.807) is 19.2 Å². The van der Waals surface area contributed by atoms with Gasteiger partial charge in [0.25, 0.3) is 0 Å². The molecule has 2 aromatic rings. The molecule has 0 saturated heterocycles. The molecule has 0 bridgehead atoms. The summed E-state index contributed by atoms with van der Waals surface area (Å²) < 4.78 is 44.6. The Balaban J connectivity index is 2.43. The molecule has 0 amide bonds. The summed E-state index contributed by atoms with van der Waals surface area (Å²) in [5, 5.41) is 0. The molecule has 106 valence electrons. The Kier molecular flexibility index (Phi) is 4.38. The molecule has 0 aliphatic carbocycles. The first-order valence-corrected chi connectivity index (χ1v) is 6.78. The van der Waals surface area contributed by atoms with Crippen molar-refractivity contribution in [1.82, 2.24) is 0 Å². The topological polar surface area (TPSA) is 9.23 Å². The summed E-state index contributed by atoms with van der Waals surface area (Å²) in [6, 6.07) is 7.35. The zero-order valence-corrected chi connectivity index (χ0v) is 12.5. The molecule has 20 heavy (non-hydrogen) atoms. The van der Waals surface area contributed by atoms with Gasteiger partial charge in [-0.05, 0) is 47.9 Å². The van der Waals surface area contributed by atoms with E-state index in [1.165, 1.54) is 0 Å². The van der Waals surface area contributed by atoms with E-state index in [9.17, 15) is 13.2 Å². The third kappa shape index (κ3) is 2.82. The highest BCUT2D eigenvalue weighted by Gasteiger charge is 2.18. The highest BCUT2D eigenvalue weighted by Crippen LogP contribution is 2.35. The van der Waals surface area contributed by atoms with Crippen molar-refractivity contribution in [2.45, 2.75) is 11.8 Å². The summed E-state index contributed by atoms with van der Waals surface area (Å²) in [6.45, 7) is 1.86. The minimum Gasteiger partial charge on any atom is -0.497 e. The fourth-order valence-corrected chi connectivity index (χ4v) is 2.74. The average molecular weight is 345 g/mol. The Labute approximate surface area is 123 Å². The first-order valence-electron chi connectivity index (χ1n) is 5.87. The molecule has 0 saturated carbocycles. The zero-order valence-electron chi connectivity index (χ0n) is 10.9. The van der Waals surface area contributed by atoms with Gasteiger partial charge in [0.05, 0.1) is 11.9 Å². The predicted molar refractivity (Wildman–Crippen MR) is 74.8 cm³/mol. The van der Waals surface area contributed by atoms with E-state index < -0.39 is 22.3 Å². The number of alkyl halides is 1. The standard InChI is InChI=1S/C15H12BrF3O/c1-8-5-10(20-2)3-4-11(8)14(16)9-6-12(17)15(19)13(18)7-9/h3-7,14H,1-2H3. The van der Waals surface area contributed by atoms with Crippen molar-refractivity contribution in [3.8, 4) is 5.75 Å². The number of aryl methyl sites for hydroxylation is 1. The van der Waals surface area contributed by atoms with Crippen LogP contribution in [0.15, 0.2) is 30.3 Å². The quantitative estimate of drug-likeness (QED) is 0.568. The van der Waals surface area contributed by atoms with Crippen LogP contribution in [0.3, 0.4) is 0 Å². The number of halogens is 4. The van der Waals surface area contributed by atoms with Crippen LogP contribution in [0.5, 0.6) is 5.75 Å². The van der Waals surface area contributed by atoms with E-state index in [0.717, 1.165) is 23.3 Å². The monoisotopic (exact) mass is 344 g/mol. The van der Waals surface area contributed by atoms with Gasteiger partial charge < -0.3 is 4.74 Å². The van der Waals surface area contributed by atoms with Gasteiger partial charge in [0.1, 0.15) is 5.75 Å². The fraction of sp³-hybridized carbons (Fsp3) is 0.200. The SMILES string of the molecule is COc1ccc(C(Br)c2cc(F)c(F)c(F)c2)c(C)c1. The molecule has 0 heterocycles. The van der Waals surface area contributed by atoms with E-state index >= 15 is 0 Å². The van der Waals surface area contributed by atoms with Crippen LogP contribution in [0.2, 0.25) is 0 Å². The number of methoxy groups -OCH3 is 1. The van der Waals surface area contributed by atoms with Crippen LogP contribution in [0.1, 0.15) is 21.5 Å². The second-order valence-corrected chi connectivity index (χ2v) is 5.30. The molecule has 5 heteroatoms. The normalized spacial score (nSPS) is 12.3. The van der Waals surface area contributed by atoms with Gasteiger partial charge >= 0.3 is 0 Å². The molecule has 1 atom stereocenters. The molecular weight excluding hydrogens is 333 g/mol. The number of hydrogen-bond donors (Lipinski definition) is 0. The highest BCUT2D eigenvalue weighted by atomic mass is 79.9. The molecule has 0 aliphatic rings. The first-order chi connectivity index (χ1) is 9.43. The fourth-order valence-electron chi connectivity index (χ4n) is 1.96. The van der Waals surface area contributed by atoms with Gasteiger partial charge in [0.2, 0.25) is 0 Å². The predicted octanol–water partition coefficient (Wildman–Crippen LogP) is 4.91. The van der Waals surface area contributed by atoms with Crippen LogP contribution in [0.4, 0.5) is 13.2 Å². The second kappa shape index (κ2) is 5.87. The maximum atomic E-state index is 13.3. The Morgan fingerprint density at radius 3 is 2.15 bits per heavy atom. The molecule has 0 N–H and O–H groups in total. The number of rotatable bonds is 3. The Bertz CT molecular complexity index is 620. The average Bonchev–Trinajstić information content (AvgIpc) is 2.43. The minimum absolute atomic E-state index is 0.315. The van der Waals surface area contributed by atoms with Crippen LogP contribution in [0, 0.1) is 24.4 Å². The van der Waals surface area contributed by atoms with Crippen molar-refractivity contribution >= 4 is 15.9 Å². The second-order valence-electron chi connectivity index (χ2n) is 4.38. The van der Waals surface area contributed by atoms with Crippen LogP contribution >= 0.6 is 15.9 Å². The Morgan fingerprint density at radius 1 is 1.05 bits per heavy atom. The van der Waals surface area contributed by atoms with Crippen LogP contribution in [-0.4, -0.2) is 7.11 Å². The molecule has 2 rings (SSSR count). The van der Waals surface area contributed by atoms with Crippen molar-refractivity contribution in [2.24, 2.45) is 0 Å². The molecule has 1 unspecified atom stereocenters. The summed E-state index contributed by atoms with van der Waals surface area (Å²) in [4.78, 5) is -0.432. The maximum absolute atomic E-state index is 13.3. The lowest BCUT2D eigenvalue weighted by Gasteiger charge is -2.15. The van der Waals surface area contributed by atoms with Crippen LogP contribution < -0.4 is 4.74 Å². The van der Waals surface area contributed by atoms with E-state index in [2.05, 4.69) is 15.9 Å². The summed E-state index contributed by atoms with van der Waals surface area (Å²) in [6.07, 6.45) is 0. The zero-order chi connectivity index (χ0) is 14.9. The molecule has 0 fully saturated rings. The summed E-state index contributed by atoms with van der Waals surface area (Å²) >= 11 is 3.39. The summed E-state index contributed by atoms with van der Waals surface area (Å²) in [5.41, 5.74) is 2.04. The highest BCUT2D eigenvalue weighted by molar-refractivity contribution is 9.09. The number of benzene rings is 2. The van der Waals surface area contributed by atoms with Crippen molar-refractivity contribution in [3.63, 3.8) is 0 Å². The van der Waals surface area contributed by atoms with Gasteiger partial charge in [-0.3, -0.25) is 0 Å². The molecule has 1 nitrogen and oxygen atoms in total. The molecule has 2 aromatic carbocycles. The van der Waals surface area contributed by atoms with Crippen molar-refractivity contribution in [1.29, 1.82) is 0 Å². The van der Waals surface area contributed by atoms with Crippen molar-refractivity contribution < 1.29 is 17.9 Å². The number of hydrogen-bond acceptors (Lipinski definition) is 1. The lowest BCUT2D eigenvalue weighted by atomic mass is 10.00. The third-order valence-electron chi connectivity index (χ3n) is 3.05. The van der Waals surface area contributed by atoms with Crippen molar-refractivity contribution in [3.05, 3.63) is 64.5 Å². The lowest BCUT2D eigenvalue weighted by Crippen LogP contribution is -2.00. The molecule has 0 aliphatic heterocycles. The van der Waals surface area contributed by atoms with E-state index in [1.807, 2.05) is 13.0 Å². The van der Waals surface area contributed by atoms with Gasteiger partial charge in [-0.1, -0.05) is 22.0 Å². The Morgan fingerprint density at radius 2 is 1.65 bits per heavy atom. The summed E-state index contributed by atoms with van der Waals surface area (Å²) in [7, 11) is 1.56. The third-order valence-corrected chi connectivity index (χ3v) is 4.07. The van der Waals surface area contributed by atoms with E-state index in [4.69, 9.17) is 4.74 Å². The smallest absolute Gasteiger partial charge is 0.194 e. The van der Waals surface area contributed by atoms with E-state index in [0.29, 0.717) is 11.3 Å². The first kappa shape index (κ1) is 14.9. The largest absolute Gasteiger partial charge is 0.497 e. The molecule has 0 radical (unpaired) electrons. The van der Waals surface area contributed by atoms with Gasteiger partial charge in [-0.15, -0.1) is 0 Å². The molecule has 0 aromatic heterocycles. The molecule has 0 spiro atoms. The molecular formula is C15H12BrF3O. The van der Waals surface area contributed by atoms with Gasteiger partial charge in [-0.2, -0.15) is 0 Å². The van der Waals surface area contributed by atoms with Gasteiger partial charge in [-0.25, -0.2) is 13.2 Å². The lowest BCUT2D eigenvalue weighted by molar-refractivity contribution is 0.414. The number of ether oxygens (including phenoxy) is 1. The summed E-state index contributed by atoms with van der Waals surface area (Å²) in [5.74, 6) is -3.16. The van der Waals surface area contributed by atoms with Crippen molar-refractivity contribution in [2.75, 3.05) is 7.11 Å². The maximum Gasteiger partial charge on any atom is 0.194 e. The van der Waals surface area contributed by atoms with Gasteiger partial charge in [0.15, 0.2) is 17.5 Å².